The van der Waals surface area contributed by atoms with Crippen molar-refractivity contribution >= 4 is 22.6 Å². The smallest absolute Gasteiger partial charge is 0.196 e. The molecule has 0 heterocycles. The van der Waals surface area contributed by atoms with Gasteiger partial charge in [-0.15, -0.1) is 0 Å². The highest BCUT2D eigenvalue weighted by atomic mass is 127. The van der Waals surface area contributed by atoms with Crippen LogP contribution in [0.2, 0.25) is 0 Å². The van der Waals surface area contributed by atoms with E-state index in [2.05, 4.69) is 0 Å². The van der Waals surface area contributed by atoms with Crippen LogP contribution in [0.1, 0.15) is 25.7 Å². The quantitative estimate of drug-likeness (QED) is 0.385. The summed E-state index contributed by atoms with van der Waals surface area (Å²) in [5, 5.41) is 0. The Balaban J connectivity index is 2.79. The standard InChI is InChI=1S/C8H10F5I/c9-7(10,8(11,12)13)5-3-1-2-4-6(5)14/h5-6H,1-4H2/t5-,6+/m1/s1. The van der Waals surface area contributed by atoms with Gasteiger partial charge in [-0.2, -0.15) is 22.0 Å². The third-order valence-corrected chi connectivity index (χ3v) is 4.02. The van der Waals surface area contributed by atoms with Crippen molar-refractivity contribution in [1.82, 2.24) is 0 Å². The first-order valence-electron chi connectivity index (χ1n) is 4.35. The minimum Gasteiger partial charge on any atom is -0.196 e. The predicted octanol–water partition coefficient (Wildman–Crippen LogP) is 4.18. The van der Waals surface area contributed by atoms with E-state index in [1.807, 2.05) is 0 Å². The minimum atomic E-state index is -5.40. The number of rotatable bonds is 1. The molecule has 0 aromatic rings. The van der Waals surface area contributed by atoms with E-state index < -0.39 is 21.9 Å². The second kappa shape index (κ2) is 4.09. The highest BCUT2D eigenvalue weighted by Crippen LogP contribution is 2.48. The molecule has 2 atom stereocenters. The first kappa shape index (κ1) is 12.4. The van der Waals surface area contributed by atoms with Crippen LogP contribution in [0.15, 0.2) is 0 Å². The lowest BCUT2D eigenvalue weighted by atomic mass is 9.84. The molecule has 6 heteroatoms. The maximum atomic E-state index is 12.9. The summed E-state index contributed by atoms with van der Waals surface area (Å²) in [6.07, 6.45) is -3.76. The van der Waals surface area contributed by atoms with Gasteiger partial charge >= 0.3 is 12.1 Å². The highest BCUT2D eigenvalue weighted by Gasteiger charge is 2.63. The Hall–Kier alpha value is 0.380. The van der Waals surface area contributed by atoms with Gasteiger partial charge in [0.15, 0.2) is 0 Å². The maximum Gasteiger partial charge on any atom is 0.453 e. The lowest BCUT2D eigenvalue weighted by Gasteiger charge is -2.34. The summed E-state index contributed by atoms with van der Waals surface area (Å²) in [6.45, 7) is 0. The molecule has 14 heavy (non-hydrogen) atoms. The lowest BCUT2D eigenvalue weighted by Crippen LogP contribution is -2.47. The molecule has 1 aliphatic carbocycles. The first-order chi connectivity index (χ1) is 6.27. The fourth-order valence-electron chi connectivity index (χ4n) is 1.70. The van der Waals surface area contributed by atoms with Crippen LogP contribution in [0.3, 0.4) is 0 Å². The Kier molecular flexibility index (Phi) is 3.64. The normalized spacial score (nSPS) is 30.4. The van der Waals surface area contributed by atoms with E-state index in [-0.39, 0.29) is 6.42 Å². The van der Waals surface area contributed by atoms with Crippen LogP contribution < -0.4 is 0 Å². The average molecular weight is 328 g/mol. The highest BCUT2D eigenvalue weighted by molar-refractivity contribution is 14.1. The molecular formula is C8H10F5I. The molecule has 0 amide bonds. The van der Waals surface area contributed by atoms with Gasteiger partial charge in [-0.3, -0.25) is 0 Å². The first-order valence-corrected chi connectivity index (χ1v) is 5.60. The minimum absolute atomic E-state index is 0.0277. The Labute approximate surface area is 92.4 Å². The van der Waals surface area contributed by atoms with Crippen molar-refractivity contribution in [3.63, 3.8) is 0 Å². The van der Waals surface area contributed by atoms with Crippen molar-refractivity contribution in [3.8, 4) is 0 Å². The zero-order valence-electron chi connectivity index (χ0n) is 7.25. The maximum absolute atomic E-state index is 12.9. The third kappa shape index (κ3) is 2.30. The van der Waals surface area contributed by atoms with Gasteiger partial charge in [-0.05, 0) is 12.8 Å². The van der Waals surface area contributed by atoms with Crippen LogP contribution in [0.25, 0.3) is 0 Å². The summed E-state index contributed by atoms with van der Waals surface area (Å²) in [4.78, 5) is 0. The summed E-state index contributed by atoms with van der Waals surface area (Å²) >= 11 is 1.70. The largest absolute Gasteiger partial charge is 0.453 e. The molecule has 1 aliphatic rings. The van der Waals surface area contributed by atoms with Crippen LogP contribution in [0.4, 0.5) is 22.0 Å². The molecule has 0 unspecified atom stereocenters. The number of alkyl halides is 6. The molecule has 0 nitrogen and oxygen atoms in total. The van der Waals surface area contributed by atoms with E-state index in [1.54, 1.807) is 22.6 Å². The van der Waals surface area contributed by atoms with Gasteiger partial charge in [0, 0.05) is 9.84 Å². The van der Waals surface area contributed by atoms with E-state index in [0.717, 1.165) is 6.42 Å². The van der Waals surface area contributed by atoms with Crippen LogP contribution in [-0.4, -0.2) is 16.0 Å². The van der Waals surface area contributed by atoms with E-state index in [1.165, 1.54) is 0 Å². The number of hydrogen-bond acceptors (Lipinski definition) is 0. The van der Waals surface area contributed by atoms with Crippen molar-refractivity contribution in [2.24, 2.45) is 5.92 Å². The van der Waals surface area contributed by atoms with Crippen LogP contribution >= 0.6 is 22.6 Å². The van der Waals surface area contributed by atoms with Crippen molar-refractivity contribution in [3.05, 3.63) is 0 Å². The van der Waals surface area contributed by atoms with Crippen molar-refractivity contribution in [1.29, 1.82) is 0 Å². The molecule has 0 bridgehead atoms. The number of halogens is 6. The Morgan fingerprint density at radius 3 is 1.86 bits per heavy atom. The van der Waals surface area contributed by atoms with E-state index >= 15 is 0 Å². The molecule has 0 spiro atoms. The molecule has 1 fully saturated rings. The van der Waals surface area contributed by atoms with Gasteiger partial charge in [-0.1, -0.05) is 35.4 Å². The summed E-state index contributed by atoms with van der Waals surface area (Å²) < 4.78 is 61.4. The number of hydrogen-bond donors (Lipinski definition) is 0. The second-order valence-electron chi connectivity index (χ2n) is 3.53. The van der Waals surface area contributed by atoms with Crippen molar-refractivity contribution in [2.45, 2.75) is 41.7 Å². The zero-order chi connectivity index (χ0) is 11.0. The lowest BCUT2D eigenvalue weighted by molar-refractivity contribution is -0.304. The molecule has 0 aromatic carbocycles. The molecular weight excluding hydrogens is 318 g/mol. The van der Waals surface area contributed by atoms with Crippen molar-refractivity contribution in [2.75, 3.05) is 0 Å². The Bertz CT molecular complexity index is 200. The second-order valence-corrected chi connectivity index (χ2v) is 5.13. The molecule has 1 saturated carbocycles. The van der Waals surface area contributed by atoms with Gasteiger partial charge in [0.2, 0.25) is 0 Å². The summed E-state index contributed by atoms with van der Waals surface area (Å²) in [5.41, 5.74) is 0. The predicted molar refractivity (Wildman–Crippen MR) is 50.8 cm³/mol. The molecule has 0 aliphatic heterocycles. The molecule has 0 saturated heterocycles. The fraction of sp³-hybridized carbons (Fsp3) is 1.00. The fourth-order valence-corrected chi connectivity index (χ4v) is 2.96. The molecule has 1 rings (SSSR count). The van der Waals surface area contributed by atoms with E-state index in [4.69, 9.17) is 0 Å². The third-order valence-electron chi connectivity index (χ3n) is 2.53. The monoisotopic (exact) mass is 328 g/mol. The van der Waals surface area contributed by atoms with E-state index in [9.17, 15) is 22.0 Å². The SMILES string of the molecule is FC(F)(F)C(F)(F)[C@@H]1CCCC[C@@H]1I. The Morgan fingerprint density at radius 1 is 0.929 bits per heavy atom. The topological polar surface area (TPSA) is 0 Å². The Morgan fingerprint density at radius 2 is 1.43 bits per heavy atom. The van der Waals surface area contributed by atoms with Crippen LogP contribution in [-0.2, 0) is 0 Å². The van der Waals surface area contributed by atoms with Gasteiger partial charge in [0.1, 0.15) is 0 Å². The van der Waals surface area contributed by atoms with Gasteiger partial charge in [0.05, 0.1) is 0 Å². The summed E-state index contributed by atoms with van der Waals surface area (Å²) in [6, 6.07) is 0. The van der Waals surface area contributed by atoms with Crippen LogP contribution in [0.5, 0.6) is 0 Å². The molecule has 0 radical (unpaired) electrons. The van der Waals surface area contributed by atoms with Crippen molar-refractivity contribution < 1.29 is 22.0 Å². The van der Waals surface area contributed by atoms with Gasteiger partial charge in [0.25, 0.3) is 0 Å². The molecule has 0 N–H and O–H groups in total. The molecule has 84 valence electrons. The van der Waals surface area contributed by atoms with Crippen LogP contribution in [0, 0.1) is 5.92 Å². The van der Waals surface area contributed by atoms with Gasteiger partial charge < -0.3 is 0 Å². The molecule has 0 aromatic heterocycles. The zero-order valence-corrected chi connectivity index (χ0v) is 9.41. The summed E-state index contributed by atoms with van der Waals surface area (Å²) in [7, 11) is 0. The van der Waals surface area contributed by atoms with E-state index in [0.29, 0.717) is 12.8 Å². The summed E-state index contributed by atoms with van der Waals surface area (Å²) in [5.74, 6) is -6.07. The average Bonchev–Trinajstić information content (AvgIpc) is 2.02. The van der Waals surface area contributed by atoms with Gasteiger partial charge in [-0.25, -0.2) is 0 Å².